The van der Waals surface area contributed by atoms with Crippen molar-refractivity contribution in [3.8, 4) is 5.88 Å². The molecule has 0 aliphatic carbocycles. The van der Waals surface area contributed by atoms with Crippen LogP contribution in [0.25, 0.3) is 0 Å². The van der Waals surface area contributed by atoms with Crippen LogP contribution in [0.15, 0.2) is 4.63 Å². The third kappa shape index (κ3) is 3.21. The Kier molecular flexibility index (Phi) is 4.41. The summed E-state index contributed by atoms with van der Waals surface area (Å²) < 4.78 is 6.21. The number of carbonyl (C=O) groups excluding carboxylic acids is 1. The molecular formula is C13H24N5O4+. The minimum Gasteiger partial charge on any atom is -0.363 e. The van der Waals surface area contributed by atoms with E-state index in [0.717, 1.165) is 0 Å². The van der Waals surface area contributed by atoms with E-state index in [4.69, 9.17) is 9.47 Å². The first-order chi connectivity index (χ1) is 10.2. The molecule has 0 radical (unpaired) electrons. The van der Waals surface area contributed by atoms with Gasteiger partial charge in [-0.2, -0.15) is 5.06 Å². The van der Waals surface area contributed by atoms with Gasteiger partial charge in [0.15, 0.2) is 0 Å². The average Bonchev–Trinajstić information content (AvgIpc) is 2.75. The minimum atomic E-state index is -0.388. The topological polar surface area (TPSA) is 104 Å². The van der Waals surface area contributed by atoms with Crippen molar-refractivity contribution >= 4 is 12.2 Å². The van der Waals surface area contributed by atoms with Gasteiger partial charge in [-0.05, 0) is 40.5 Å². The van der Waals surface area contributed by atoms with Crippen molar-refractivity contribution in [2.45, 2.75) is 57.7 Å². The van der Waals surface area contributed by atoms with Crippen LogP contribution in [0.1, 0.15) is 40.5 Å². The first-order valence-corrected chi connectivity index (χ1v) is 7.15. The Morgan fingerprint density at radius 1 is 1.41 bits per heavy atom. The van der Waals surface area contributed by atoms with E-state index in [1.807, 2.05) is 27.7 Å². The van der Waals surface area contributed by atoms with Gasteiger partial charge in [-0.3, -0.25) is 4.79 Å². The normalized spacial score (nSPS) is 21.5. The van der Waals surface area contributed by atoms with E-state index in [2.05, 4.69) is 16.0 Å². The zero-order valence-corrected chi connectivity index (χ0v) is 13.6. The molecule has 22 heavy (non-hydrogen) atoms. The maximum atomic E-state index is 10.6. The minimum absolute atomic E-state index is 0.0134. The number of amides is 1. The van der Waals surface area contributed by atoms with E-state index >= 15 is 0 Å². The largest absolute Gasteiger partial charge is 0.430 e. The van der Waals surface area contributed by atoms with Crippen LogP contribution in [0.4, 0.5) is 5.82 Å². The number of aromatic nitrogens is 2. The summed E-state index contributed by atoms with van der Waals surface area (Å²) in [7, 11) is 1.60. The lowest BCUT2D eigenvalue weighted by Crippen LogP contribution is -2.62. The molecule has 1 aromatic rings. The number of nitrogens with one attached hydrogen (secondary N) is 2. The van der Waals surface area contributed by atoms with Crippen LogP contribution in [0, 0.1) is 0 Å². The standard InChI is InChI=1S/C13H23N5O4/c1-12(2)6-9(7-13(3,4)18(12)20)15-21-11-10(14-8-19)17(5)22-16-11/h8-9,15,20H,6-7H2,1-5H3/p+1. The summed E-state index contributed by atoms with van der Waals surface area (Å²) in [5, 5.41) is 17.9. The molecule has 1 saturated heterocycles. The molecule has 0 unspecified atom stereocenters. The second-order valence-electron chi connectivity index (χ2n) is 6.85. The van der Waals surface area contributed by atoms with Crippen LogP contribution < -0.4 is 20.4 Å². The molecule has 0 aromatic carbocycles. The fourth-order valence-corrected chi connectivity index (χ4v) is 3.09. The number of carbonyl (C=O) groups is 1. The molecule has 1 fully saturated rings. The first-order valence-electron chi connectivity index (χ1n) is 7.15. The van der Waals surface area contributed by atoms with E-state index in [0.29, 0.717) is 25.1 Å². The SMILES string of the molecule is C[n+]1onc(ONC2CC(C)(C)N(O)C(C)(C)C2)c1NC=O. The molecule has 1 aliphatic heterocycles. The van der Waals surface area contributed by atoms with Crippen molar-refractivity contribution in [2.24, 2.45) is 7.05 Å². The molecule has 0 saturated carbocycles. The van der Waals surface area contributed by atoms with Crippen LogP contribution in [-0.4, -0.2) is 39.0 Å². The molecule has 0 spiro atoms. The molecule has 0 bridgehead atoms. The predicted octanol–water partition coefficient (Wildman–Crippen LogP) is 0.362. The highest BCUT2D eigenvalue weighted by Crippen LogP contribution is 2.36. The van der Waals surface area contributed by atoms with E-state index in [-0.39, 0.29) is 23.0 Å². The quantitative estimate of drug-likeness (QED) is 0.409. The summed E-state index contributed by atoms with van der Waals surface area (Å²) in [6, 6.07) is 0.0134. The molecule has 1 amide bonds. The van der Waals surface area contributed by atoms with Gasteiger partial charge in [0.2, 0.25) is 0 Å². The third-order valence-corrected chi connectivity index (χ3v) is 3.92. The number of piperidine rings is 1. The lowest BCUT2D eigenvalue weighted by atomic mass is 9.79. The highest BCUT2D eigenvalue weighted by Gasteiger charge is 2.45. The second-order valence-corrected chi connectivity index (χ2v) is 6.85. The molecule has 0 atom stereocenters. The third-order valence-electron chi connectivity index (χ3n) is 3.92. The molecule has 2 heterocycles. The Morgan fingerprint density at radius 2 is 2.00 bits per heavy atom. The van der Waals surface area contributed by atoms with Gasteiger partial charge in [0, 0.05) is 17.1 Å². The van der Waals surface area contributed by atoms with E-state index in [9.17, 15) is 10.0 Å². The summed E-state index contributed by atoms with van der Waals surface area (Å²) in [4.78, 5) is 16.1. The van der Waals surface area contributed by atoms with Crippen molar-refractivity contribution in [3.63, 3.8) is 0 Å². The highest BCUT2D eigenvalue weighted by atomic mass is 16.7. The summed E-state index contributed by atoms with van der Waals surface area (Å²) >= 11 is 0. The van der Waals surface area contributed by atoms with Gasteiger partial charge < -0.3 is 10.0 Å². The van der Waals surface area contributed by atoms with Crippen molar-refractivity contribution < 1.29 is 24.2 Å². The number of rotatable bonds is 5. The number of nitrogens with zero attached hydrogens (tertiary/aromatic N) is 3. The van der Waals surface area contributed by atoms with Crippen LogP contribution >= 0.6 is 0 Å². The predicted molar refractivity (Wildman–Crippen MR) is 75.9 cm³/mol. The number of aryl methyl sites for hydroxylation is 1. The van der Waals surface area contributed by atoms with E-state index in [1.165, 1.54) is 9.80 Å². The van der Waals surface area contributed by atoms with Gasteiger partial charge in [0.1, 0.15) is 5.16 Å². The molecular weight excluding hydrogens is 290 g/mol. The maximum absolute atomic E-state index is 10.6. The van der Waals surface area contributed by atoms with Crippen molar-refractivity contribution in [1.82, 2.24) is 15.7 Å². The van der Waals surface area contributed by atoms with Crippen LogP contribution in [0.2, 0.25) is 0 Å². The van der Waals surface area contributed by atoms with Gasteiger partial charge in [-0.1, -0.05) is 4.74 Å². The Labute approximate surface area is 129 Å². The fraction of sp³-hybridized carbons (Fsp3) is 0.769. The van der Waals surface area contributed by atoms with Gasteiger partial charge in [-0.25, -0.2) is 5.32 Å². The van der Waals surface area contributed by atoms with Crippen LogP contribution in [0.3, 0.4) is 0 Å². The van der Waals surface area contributed by atoms with Crippen molar-refractivity contribution in [3.05, 3.63) is 0 Å². The number of hydroxylamine groups is 3. The Morgan fingerprint density at radius 3 is 2.55 bits per heavy atom. The average molecular weight is 314 g/mol. The van der Waals surface area contributed by atoms with Crippen LogP contribution in [-0.2, 0) is 11.8 Å². The number of hydrogen-bond donors (Lipinski definition) is 3. The molecule has 3 N–H and O–H groups in total. The smallest absolute Gasteiger partial charge is 0.363 e. The Balaban J connectivity index is 2.04. The zero-order valence-electron chi connectivity index (χ0n) is 13.6. The lowest BCUT2D eigenvalue weighted by Gasteiger charge is -2.51. The molecule has 1 aromatic heterocycles. The Hall–Kier alpha value is -1.71. The van der Waals surface area contributed by atoms with Gasteiger partial charge in [-0.15, -0.1) is 10.1 Å². The van der Waals surface area contributed by atoms with Crippen molar-refractivity contribution in [2.75, 3.05) is 5.32 Å². The monoisotopic (exact) mass is 314 g/mol. The summed E-state index contributed by atoms with van der Waals surface area (Å²) in [6.45, 7) is 7.88. The highest BCUT2D eigenvalue weighted by molar-refractivity contribution is 5.69. The van der Waals surface area contributed by atoms with Gasteiger partial charge in [0.05, 0.1) is 7.05 Å². The molecule has 1 aliphatic rings. The number of hydrogen-bond acceptors (Lipinski definition) is 7. The van der Waals surface area contributed by atoms with Gasteiger partial charge >= 0.3 is 11.7 Å². The fourth-order valence-electron chi connectivity index (χ4n) is 3.09. The summed E-state index contributed by atoms with van der Waals surface area (Å²) in [5.41, 5.74) is 2.18. The Bertz CT molecular complexity index is 525. The first kappa shape index (κ1) is 16.7. The molecule has 2 rings (SSSR count). The molecule has 124 valence electrons. The summed E-state index contributed by atoms with van der Waals surface area (Å²) in [6.07, 6.45) is 1.90. The van der Waals surface area contributed by atoms with E-state index < -0.39 is 0 Å². The van der Waals surface area contributed by atoms with Crippen molar-refractivity contribution in [1.29, 1.82) is 0 Å². The number of anilines is 1. The zero-order chi connectivity index (χ0) is 16.5. The van der Waals surface area contributed by atoms with E-state index in [1.54, 1.807) is 7.05 Å². The maximum Gasteiger partial charge on any atom is 0.430 e. The summed E-state index contributed by atoms with van der Waals surface area (Å²) in [5.74, 6) is 0.470. The van der Waals surface area contributed by atoms with Crippen LogP contribution in [0.5, 0.6) is 5.88 Å². The lowest BCUT2D eigenvalue weighted by molar-refractivity contribution is -0.842. The molecule has 9 heteroatoms. The molecule has 9 nitrogen and oxygen atoms in total. The second kappa shape index (κ2) is 5.82. The van der Waals surface area contributed by atoms with Gasteiger partial charge in [0.25, 0.3) is 6.41 Å².